The Morgan fingerprint density at radius 3 is 2.58 bits per heavy atom. The van der Waals surface area contributed by atoms with Gasteiger partial charge in [-0.25, -0.2) is 4.98 Å². The summed E-state index contributed by atoms with van der Waals surface area (Å²) in [7, 11) is 0. The zero-order valence-corrected chi connectivity index (χ0v) is 13.7. The van der Waals surface area contributed by atoms with Crippen molar-refractivity contribution < 1.29 is 22.4 Å². The second kappa shape index (κ2) is 7.09. The quantitative estimate of drug-likeness (QED) is 0.640. The van der Waals surface area contributed by atoms with E-state index < -0.39 is 17.6 Å². The second-order valence-corrected chi connectivity index (χ2v) is 5.61. The van der Waals surface area contributed by atoms with Crippen molar-refractivity contribution in [3.05, 3.63) is 71.3 Å². The predicted molar refractivity (Wildman–Crippen MR) is 90.6 cm³/mol. The fraction of sp³-hybridized carbons (Fsp3) is 0.0588. The van der Waals surface area contributed by atoms with E-state index in [1.807, 2.05) is 0 Å². The summed E-state index contributed by atoms with van der Waals surface area (Å²) >= 11 is 5.65. The first-order chi connectivity index (χ1) is 12.3. The van der Waals surface area contributed by atoms with Crippen LogP contribution in [0.15, 0.2) is 59.3 Å². The summed E-state index contributed by atoms with van der Waals surface area (Å²) in [5.74, 6) is -0.144. The highest BCUT2D eigenvalue weighted by molar-refractivity contribution is 6.30. The highest BCUT2D eigenvalue weighted by atomic mass is 35.5. The average molecular weight is 382 g/mol. The number of furan rings is 1. The maximum absolute atomic E-state index is 13.1. The lowest BCUT2D eigenvalue weighted by Gasteiger charge is -2.15. The molecular formula is C17H11ClF3N3O2. The van der Waals surface area contributed by atoms with Crippen molar-refractivity contribution in [2.24, 2.45) is 0 Å². The standard InChI is InChI=1S/C17H11ClF3N3O2/c18-10-3-5-13(12(8-10)17(19,20)21)23-11-4-6-15(22-9-11)24-16(25)14-2-1-7-26-14/h1-9,23H,(H,22,24,25). The number of nitrogens with one attached hydrogen (secondary N) is 2. The third kappa shape index (κ3) is 4.15. The number of amides is 1. The molecule has 0 atom stereocenters. The summed E-state index contributed by atoms with van der Waals surface area (Å²) in [6, 6.07) is 9.42. The first-order valence-electron chi connectivity index (χ1n) is 7.27. The molecule has 0 aliphatic rings. The first-order valence-corrected chi connectivity index (χ1v) is 7.65. The minimum atomic E-state index is -4.56. The van der Waals surface area contributed by atoms with E-state index >= 15 is 0 Å². The number of carbonyl (C=O) groups is 1. The monoisotopic (exact) mass is 381 g/mol. The number of hydrogen-bond acceptors (Lipinski definition) is 4. The predicted octanol–water partition coefficient (Wildman–Crippen LogP) is 5.34. The molecule has 2 heterocycles. The number of alkyl halides is 3. The maximum atomic E-state index is 13.1. The third-order valence-corrected chi connectivity index (χ3v) is 3.55. The Bertz CT molecular complexity index is 910. The lowest BCUT2D eigenvalue weighted by atomic mass is 10.1. The Labute approximate surface area is 150 Å². The van der Waals surface area contributed by atoms with E-state index in [0.717, 1.165) is 6.07 Å². The van der Waals surface area contributed by atoms with Gasteiger partial charge in [-0.3, -0.25) is 4.79 Å². The van der Waals surface area contributed by atoms with Crippen LogP contribution in [0.3, 0.4) is 0 Å². The Hall–Kier alpha value is -3.00. The molecule has 0 radical (unpaired) electrons. The Balaban J connectivity index is 1.75. The number of hydrogen-bond donors (Lipinski definition) is 2. The largest absolute Gasteiger partial charge is 0.459 e. The fourth-order valence-electron chi connectivity index (χ4n) is 2.14. The summed E-state index contributed by atoms with van der Waals surface area (Å²) < 4.78 is 44.3. The van der Waals surface area contributed by atoms with E-state index in [1.165, 1.54) is 42.8 Å². The van der Waals surface area contributed by atoms with Crippen LogP contribution in [0.2, 0.25) is 5.02 Å². The number of benzene rings is 1. The van der Waals surface area contributed by atoms with Crippen LogP contribution in [0, 0.1) is 0 Å². The Kier molecular flexibility index (Phi) is 4.85. The average Bonchev–Trinajstić information content (AvgIpc) is 3.12. The van der Waals surface area contributed by atoms with Gasteiger partial charge in [0.15, 0.2) is 5.76 Å². The van der Waals surface area contributed by atoms with Crippen LogP contribution in [-0.2, 0) is 6.18 Å². The summed E-state index contributed by atoms with van der Waals surface area (Å²) in [5.41, 5.74) is -0.731. The molecule has 0 aliphatic heterocycles. The molecule has 3 rings (SSSR count). The van der Waals surface area contributed by atoms with Gasteiger partial charge in [0, 0.05) is 5.02 Å². The van der Waals surface area contributed by atoms with Gasteiger partial charge in [-0.2, -0.15) is 13.2 Å². The molecule has 5 nitrogen and oxygen atoms in total. The van der Waals surface area contributed by atoms with E-state index in [1.54, 1.807) is 6.07 Å². The molecule has 0 spiro atoms. The Morgan fingerprint density at radius 2 is 1.96 bits per heavy atom. The van der Waals surface area contributed by atoms with Crippen LogP contribution < -0.4 is 10.6 Å². The van der Waals surface area contributed by atoms with Gasteiger partial charge in [-0.05, 0) is 42.5 Å². The van der Waals surface area contributed by atoms with Crippen molar-refractivity contribution in [2.75, 3.05) is 10.6 Å². The van der Waals surface area contributed by atoms with Crippen molar-refractivity contribution in [2.45, 2.75) is 6.18 Å². The van der Waals surface area contributed by atoms with Gasteiger partial charge in [-0.1, -0.05) is 11.6 Å². The van der Waals surface area contributed by atoms with Gasteiger partial charge in [-0.15, -0.1) is 0 Å². The topological polar surface area (TPSA) is 67.2 Å². The van der Waals surface area contributed by atoms with E-state index in [4.69, 9.17) is 16.0 Å². The zero-order chi connectivity index (χ0) is 18.7. The highest BCUT2D eigenvalue weighted by Crippen LogP contribution is 2.37. The maximum Gasteiger partial charge on any atom is 0.418 e. The van der Waals surface area contributed by atoms with Crippen LogP contribution in [0.25, 0.3) is 0 Å². The summed E-state index contributed by atoms with van der Waals surface area (Å²) in [6.07, 6.45) is -1.90. The lowest BCUT2D eigenvalue weighted by Crippen LogP contribution is -2.12. The van der Waals surface area contributed by atoms with Crippen molar-refractivity contribution in [1.82, 2.24) is 4.98 Å². The highest BCUT2D eigenvalue weighted by Gasteiger charge is 2.33. The fourth-order valence-corrected chi connectivity index (χ4v) is 2.32. The first kappa shape index (κ1) is 17.8. The minimum absolute atomic E-state index is 0.0167. The van der Waals surface area contributed by atoms with Crippen LogP contribution in [0.5, 0.6) is 0 Å². The number of anilines is 3. The summed E-state index contributed by atoms with van der Waals surface area (Å²) in [4.78, 5) is 15.8. The van der Waals surface area contributed by atoms with Gasteiger partial charge < -0.3 is 15.1 Å². The molecular weight excluding hydrogens is 371 g/mol. The van der Waals surface area contributed by atoms with Crippen molar-refractivity contribution in [1.29, 1.82) is 0 Å². The van der Waals surface area contributed by atoms with Crippen molar-refractivity contribution in [3.63, 3.8) is 0 Å². The van der Waals surface area contributed by atoms with Gasteiger partial charge in [0.2, 0.25) is 0 Å². The molecule has 3 aromatic rings. The van der Waals surface area contributed by atoms with Gasteiger partial charge in [0.05, 0.1) is 29.4 Å². The molecule has 0 unspecified atom stereocenters. The van der Waals surface area contributed by atoms with E-state index in [9.17, 15) is 18.0 Å². The third-order valence-electron chi connectivity index (χ3n) is 3.32. The zero-order valence-electron chi connectivity index (χ0n) is 13.0. The van der Waals surface area contributed by atoms with Gasteiger partial charge in [0.1, 0.15) is 5.82 Å². The number of carbonyl (C=O) groups excluding carboxylic acids is 1. The van der Waals surface area contributed by atoms with Crippen LogP contribution in [0.4, 0.5) is 30.4 Å². The minimum Gasteiger partial charge on any atom is -0.459 e. The molecule has 0 bridgehead atoms. The molecule has 0 saturated carbocycles. The van der Waals surface area contributed by atoms with E-state index in [2.05, 4.69) is 15.6 Å². The molecule has 26 heavy (non-hydrogen) atoms. The molecule has 134 valence electrons. The number of nitrogens with zero attached hydrogens (tertiary/aromatic N) is 1. The Morgan fingerprint density at radius 1 is 1.15 bits per heavy atom. The number of pyridine rings is 1. The van der Waals surface area contributed by atoms with E-state index in [0.29, 0.717) is 5.69 Å². The SMILES string of the molecule is O=C(Nc1ccc(Nc2ccc(Cl)cc2C(F)(F)F)cn1)c1ccco1. The normalized spacial score (nSPS) is 11.2. The van der Waals surface area contributed by atoms with Crippen LogP contribution in [0.1, 0.15) is 16.1 Å². The number of halogens is 4. The van der Waals surface area contributed by atoms with Crippen molar-refractivity contribution in [3.8, 4) is 0 Å². The van der Waals surface area contributed by atoms with Crippen LogP contribution >= 0.6 is 11.6 Å². The van der Waals surface area contributed by atoms with Gasteiger partial charge >= 0.3 is 6.18 Å². The molecule has 1 aromatic carbocycles. The summed E-state index contributed by atoms with van der Waals surface area (Å²) in [6.45, 7) is 0. The molecule has 9 heteroatoms. The van der Waals surface area contributed by atoms with E-state index in [-0.39, 0.29) is 22.3 Å². The smallest absolute Gasteiger partial charge is 0.418 e. The second-order valence-electron chi connectivity index (χ2n) is 5.18. The molecule has 0 saturated heterocycles. The lowest BCUT2D eigenvalue weighted by molar-refractivity contribution is -0.136. The molecule has 1 amide bonds. The molecule has 2 aromatic heterocycles. The number of rotatable bonds is 4. The summed E-state index contributed by atoms with van der Waals surface area (Å²) in [5, 5.41) is 5.13. The molecule has 2 N–H and O–H groups in total. The van der Waals surface area contributed by atoms with Gasteiger partial charge in [0.25, 0.3) is 5.91 Å². The van der Waals surface area contributed by atoms with Crippen molar-refractivity contribution >= 4 is 34.7 Å². The molecule has 0 aliphatic carbocycles. The van der Waals surface area contributed by atoms with Crippen LogP contribution in [-0.4, -0.2) is 10.9 Å². The molecule has 0 fully saturated rings. The number of aromatic nitrogens is 1.